The molecule has 0 aromatic heterocycles. The normalized spacial score (nSPS) is 6.75. The lowest BCUT2D eigenvalue weighted by atomic mass is 10.4. The van der Waals surface area contributed by atoms with Gasteiger partial charge in [0.15, 0.2) is 0 Å². The van der Waals surface area contributed by atoms with Crippen LogP contribution >= 0.6 is 0 Å². The smallest absolute Gasteiger partial charge is 0.0382 e. The molecule has 0 aliphatic rings. The molecule has 0 amide bonds. The van der Waals surface area contributed by atoms with E-state index in [1.807, 2.05) is 19.9 Å². The highest BCUT2D eigenvalue weighted by atomic mass is 13.6. The van der Waals surface area contributed by atoms with Crippen LogP contribution in [0.1, 0.15) is 53.9 Å². The van der Waals surface area contributed by atoms with Crippen LogP contribution in [-0.4, -0.2) is 0 Å². The number of rotatable bonds is 2. The molecule has 74 valence electrons. The first-order valence-corrected chi connectivity index (χ1v) is 4.79. The van der Waals surface area contributed by atoms with Crippen molar-refractivity contribution in [1.29, 1.82) is 0 Å². The van der Waals surface area contributed by atoms with Gasteiger partial charge in [-0.15, -0.1) is 13.2 Å². The van der Waals surface area contributed by atoms with Crippen LogP contribution < -0.4 is 0 Å². The average molecular weight is 170 g/mol. The summed E-state index contributed by atoms with van der Waals surface area (Å²) in [5.41, 5.74) is 1.17. The lowest BCUT2D eigenvalue weighted by molar-refractivity contribution is 0.886. The Morgan fingerprint density at radius 3 is 1.25 bits per heavy atom. The molecular weight excluding hydrogens is 144 g/mol. The minimum atomic E-state index is 1.08. The summed E-state index contributed by atoms with van der Waals surface area (Å²) in [6, 6.07) is 0. The van der Waals surface area contributed by atoms with E-state index in [0.717, 1.165) is 6.42 Å². The van der Waals surface area contributed by atoms with E-state index < -0.39 is 0 Å². The number of hydrogen-bond donors (Lipinski definition) is 0. The highest BCUT2D eigenvalue weighted by Crippen LogP contribution is 1.76. The van der Waals surface area contributed by atoms with Crippen molar-refractivity contribution < 1.29 is 0 Å². The minimum absolute atomic E-state index is 1.08. The van der Waals surface area contributed by atoms with Gasteiger partial charge in [0.2, 0.25) is 0 Å². The highest BCUT2D eigenvalue weighted by Gasteiger charge is 1.56. The molecule has 0 aliphatic carbocycles. The summed E-state index contributed by atoms with van der Waals surface area (Å²) in [6.07, 6.45) is 5.60. The molecule has 0 radical (unpaired) electrons. The van der Waals surface area contributed by atoms with Crippen molar-refractivity contribution in [2.45, 2.75) is 53.9 Å². The van der Waals surface area contributed by atoms with E-state index in [1.165, 1.54) is 18.4 Å². The standard InChI is InChI=1S/C4H8.C4H10.C4H8/c1-4(2)3;2*1-3-4-2/h1H2,2-3H3;3-4H2,1-2H3;3H,1,4H2,2H3. The van der Waals surface area contributed by atoms with E-state index >= 15 is 0 Å². The molecule has 0 N–H and O–H groups in total. The third-order valence-corrected chi connectivity index (χ3v) is 0.789. The predicted octanol–water partition coefficient (Wildman–Crippen LogP) is 4.97. The van der Waals surface area contributed by atoms with Crippen molar-refractivity contribution in [2.24, 2.45) is 0 Å². The predicted molar refractivity (Wildman–Crippen MR) is 61.6 cm³/mol. The molecular formula is C12H26. The molecule has 12 heavy (non-hydrogen) atoms. The van der Waals surface area contributed by atoms with E-state index in [1.54, 1.807) is 0 Å². The molecule has 0 saturated carbocycles. The fraction of sp³-hybridized carbons (Fsp3) is 0.667. The Hall–Kier alpha value is -0.520. The van der Waals surface area contributed by atoms with Crippen LogP contribution in [0.4, 0.5) is 0 Å². The van der Waals surface area contributed by atoms with Gasteiger partial charge in [0.25, 0.3) is 0 Å². The summed E-state index contributed by atoms with van der Waals surface area (Å²) in [6.45, 7) is 17.4. The van der Waals surface area contributed by atoms with E-state index in [9.17, 15) is 0 Å². The topological polar surface area (TPSA) is 0 Å². The van der Waals surface area contributed by atoms with Gasteiger partial charge in [-0.3, -0.25) is 0 Å². The van der Waals surface area contributed by atoms with Crippen LogP contribution in [0.15, 0.2) is 24.8 Å². The van der Waals surface area contributed by atoms with Gasteiger partial charge in [-0.25, -0.2) is 0 Å². The van der Waals surface area contributed by atoms with Crippen LogP contribution in [0.3, 0.4) is 0 Å². The molecule has 0 bridgehead atoms. The van der Waals surface area contributed by atoms with E-state index in [4.69, 9.17) is 0 Å². The fourth-order valence-corrected chi connectivity index (χ4v) is 0. The van der Waals surface area contributed by atoms with Crippen LogP contribution in [0.25, 0.3) is 0 Å². The largest absolute Gasteiger partial charge is 0.103 e. The van der Waals surface area contributed by atoms with Crippen molar-refractivity contribution in [1.82, 2.24) is 0 Å². The molecule has 0 heteroatoms. The molecule has 0 fully saturated rings. The van der Waals surface area contributed by atoms with Crippen molar-refractivity contribution in [3.8, 4) is 0 Å². The van der Waals surface area contributed by atoms with E-state index in [2.05, 4.69) is 33.9 Å². The quantitative estimate of drug-likeness (QED) is 0.513. The summed E-state index contributed by atoms with van der Waals surface area (Å²) in [4.78, 5) is 0. The highest BCUT2D eigenvalue weighted by molar-refractivity contribution is 4.78. The molecule has 0 nitrogen and oxygen atoms in total. The van der Waals surface area contributed by atoms with Crippen LogP contribution in [-0.2, 0) is 0 Å². The Labute approximate surface area is 79.4 Å². The summed E-state index contributed by atoms with van der Waals surface area (Å²) >= 11 is 0. The van der Waals surface area contributed by atoms with Gasteiger partial charge in [0.1, 0.15) is 0 Å². The first-order valence-electron chi connectivity index (χ1n) is 4.79. The summed E-state index contributed by atoms with van der Waals surface area (Å²) in [5, 5.41) is 0. The lowest BCUT2D eigenvalue weighted by Crippen LogP contribution is -1.47. The molecule has 0 aromatic carbocycles. The van der Waals surface area contributed by atoms with E-state index in [-0.39, 0.29) is 0 Å². The van der Waals surface area contributed by atoms with Gasteiger partial charge < -0.3 is 0 Å². The zero-order valence-corrected chi connectivity index (χ0v) is 9.61. The molecule has 0 unspecified atom stereocenters. The van der Waals surface area contributed by atoms with Gasteiger partial charge >= 0.3 is 0 Å². The van der Waals surface area contributed by atoms with Crippen LogP contribution in [0.5, 0.6) is 0 Å². The van der Waals surface area contributed by atoms with Crippen molar-refractivity contribution in [3.63, 3.8) is 0 Å². The number of hydrogen-bond acceptors (Lipinski definition) is 0. The average Bonchev–Trinajstić information content (AvgIpc) is 2.03. The monoisotopic (exact) mass is 170 g/mol. The molecule has 0 atom stereocenters. The van der Waals surface area contributed by atoms with Gasteiger partial charge in [-0.1, -0.05) is 45.3 Å². The zero-order valence-electron chi connectivity index (χ0n) is 9.61. The second-order valence-corrected chi connectivity index (χ2v) is 2.90. The van der Waals surface area contributed by atoms with Gasteiger partial charge in [0.05, 0.1) is 0 Å². The lowest BCUT2D eigenvalue weighted by Gasteiger charge is -1.68. The van der Waals surface area contributed by atoms with Crippen LogP contribution in [0.2, 0.25) is 0 Å². The second kappa shape index (κ2) is 22.4. The Bertz CT molecular complexity index is 74.0. The maximum atomic E-state index is 3.56. The van der Waals surface area contributed by atoms with Crippen molar-refractivity contribution in [3.05, 3.63) is 24.8 Å². The Morgan fingerprint density at radius 1 is 1.08 bits per heavy atom. The Kier molecular flexibility index (Phi) is 32.8. The fourth-order valence-electron chi connectivity index (χ4n) is 0. The summed E-state index contributed by atoms with van der Waals surface area (Å²) < 4.78 is 0. The van der Waals surface area contributed by atoms with Gasteiger partial charge in [-0.2, -0.15) is 0 Å². The minimum Gasteiger partial charge on any atom is -0.103 e. The first kappa shape index (κ1) is 17.5. The third kappa shape index (κ3) is 311. The molecule has 0 aromatic rings. The van der Waals surface area contributed by atoms with Crippen LogP contribution in [0, 0.1) is 0 Å². The number of unbranched alkanes of at least 4 members (excludes halogenated alkanes) is 1. The maximum absolute atomic E-state index is 3.56. The molecule has 0 aliphatic heterocycles. The SMILES string of the molecule is C=C(C)C.C=CCC.CCCC. The second-order valence-electron chi connectivity index (χ2n) is 2.90. The Balaban J connectivity index is -0.000000101. The summed E-state index contributed by atoms with van der Waals surface area (Å²) in [7, 11) is 0. The zero-order chi connectivity index (χ0) is 10.4. The first-order chi connectivity index (χ1) is 5.56. The van der Waals surface area contributed by atoms with Crippen molar-refractivity contribution in [2.75, 3.05) is 0 Å². The number of allylic oxidation sites excluding steroid dienone is 2. The maximum Gasteiger partial charge on any atom is -0.0382 e. The van der Waals surface area contributed by atoms with Crippen molar-refractivity contribution >= 4 is 0 Å². The molecule has 0 rings (SSSR count). The molecule has 0 spiro atoms. The third-order valence-electron chi connectivity index (χ3n) is 0.789. The Morgan fingerprint density at radius 2 is 1.25 bits per heavy atom. The van der Waals surface area contributed by atoms with Gasteiger partial charge in [0, 0.05) is 0 Å². The van der Waals surface area contributed by atoms with E-state index in [0.29, 0.717) is 0 Å². The molecule has 0 saturated heterocycles. The van der Waals surface area contributed by atoms with Gasteiger partial charge in [-0.05, 0) is 20.3 Å². The summed E-state index contributed by atoms with van der Waals surface area (Å²) in [5.74, 6) is 0. The molecule has 0 heterocycles.